The van der Waals surface area contributed by atoms with Crippen LogP contribution in [-0.2, 0) is 17.5 Å². The summed E-state index contributed by atoms with van der Waals surface area (Å²) in [6.45, 7) is -0.0923. The number of carbonyl (C=O) groups is 2. The zero-order chi connectivity index (χ0) is 25.1. The molecule has 2 saturated carbocycles. The topological polar surface area (TPSA) is 103 Å². The second kappa shape index (κ2) is 8.54. The molecule has 0 aromatic carbocycles. The zero-order valence-corrected chi connectivity index (χ0v) is 19.0. The average Bonchev–Trinajstić information content (AvgIpc) is 3.71. The van der Waals surface area contributed by atoms with Crippen LogP contribution >= 0.6 is 11.3 Å². The van der Waals surface area contributed by atoms with Gasteiger partial charge in [-0.25, -0.2) is 13.8 Å². The number of nitrogens with one attached hydrogen (secondary N) is 1. The highest BCUT2D eigenvalue weighted by Gasteiger charge is 2.38. The summed E-state index contributed by atoms with van der Waals surface area (Å²) in [6.07, 6.45) is -4.53. The fraction of sp³-hybridized carbons (Fsp3) is 0.455. The number of carbonyl (C=O) groups excluding carboxylic acids is 2. The first-order chi connectivity index (χ1) is 16.5. The first-order valence-corrected chi connectivity index (χ1v) is 11.8. The van der Waals surface area contributed by atoms with Gasteiger partial charge in [-0.1, -0.05) is 0 Å². The van der Waals surface area contributed by atoms with Crippen LogP contribution in [0, 0.1) is 0 Å². The van der Waals surface area contributed by atoms with E-state index in [0.717, 1.165) is 43.1 Å². The highest BCUT2D eigenvalue weighted by Crippen LogP contribution is 2.48. The third-order valence-electron chi connectivity index (χ3n) is 6.09. The first-order valence-electron chi connectivity index (χ1n) is 11.0. The molecule has 5 rings (SSSR count). The lowest BCUT2D eigenvalue weighted by molar-refractivity contribution is -0.141. The van der Waals surface area contributed by atoms with Crippen molar-refractivity contribution in [3.63, 3.8) is 0 Å². The van der Waals surface area contributed by atoms with Crippen LogP contribution in [0.15, 0.2) is 12.1 Å². The van der Waals surface area contributed by atoms with Crippen LogP contribution in [0.5, 0.6) is 0 Å². The van der Waals surface area contributed by atoms with Gasteiger partial charge in [0.15, 0.2) is 5.69 Å². The largest absolute Gasteiger partial charge is 0.435 e. The molecule has 2 aliphatic carbocycles. The lowest BCUT2D eigenvalue weighted by Gasteiger charge is -2.11. The van der Waals surface area contributed by atoms with Gasteiger partial charge >= 0.3 is 6.18 Å². The molecule has 7 nitrogen and oxygen atoms in total. The Labute approximate surface area is 199 Å². The van der Waals surface area contributed by atoms with E-state index >= 15 is 0 Å². The minimum Gasteiger partial charge on any atom is -0.365 e. The van der Waals surface area contributed by atoms with Crippen LogP contribution in [0.1, 0.15) is 82.7 Å². The fourth-order valence-electron chi connectivity index (χ4n) is 4.13. The normalized spacial score (nSPS) is 16.3. The van der Waals surface area contributed by atoms with Crippen molar-refractivity contribution in [2.24, 2.45) is 5.73 Å². The van der Waals surface area contributed by atoms with E-state index in [9.17, 15) is 31.5 Å². The number of hydrogen-bond acceptors (Lipinski definition) is 5. The standard InChI is InChI=1S/C22H20F5N5O2S/c23-19(24)12-7-11(9-1-2-9)16-17(18(20(28)34)35-21(16)29-12)30-15(33)5-6-32-13(10-3-4-10)8-14(31-32)22(25,26)27/h7-10,19H,1-6H2,(H2,28,34)(H,30,33). The molecule has 2 fully saturated rings. The van der Waals surface area contributed by atoms with Gasteiger partial charge in [-0.2, -0.15) is 18.3 Å². The lowest BCUT2D eigenvalue weighted by Crippen LogP contribution is -2.19. The first kappa shape index (κ1) is 23.6. The molecule has 0 atom stereocenters. The van der Waals surface area contributed by atoms with Crippen molar-refractivity contribution in [2.45, 2.75) is 63.1 Å². The maximum Gasteiger partial charge on any atom is 0.435 e. The number of aryl methyl sites for hydroxylation is 1. The summed E-state index contributed by atoms with van der Waals surface area (Å²) in [4.78, 5) is 29.0. The molecule has 3 heterocycles. The van der Waals surface area contributed by atoms with Crippen LogP contribution in [0.3, 0.4) is 0 Å². The van der Waals surface area contributed by atoms with E-state index in [0.29, 0.717) is 16.6 Å². The maximum absolute atomic E-state index is 13.4. The summed E-state index contributed by atoms with van der Waals surface area (Å²) in [7, 11) is 0. The molecule has 2 aliphatic rings. The molecule has 3 aromatic rings. The number of primary amides is 1. The van der Waals surface area contributed by atoms with Crippen LogP contribution in [-0.4, -0.2) is 26.6 Å². The second-order valence-corrected chi connectivity index (χ2v) is 9.81. The highest BCUT2D eigenvalue weighted by molar-refractivity contribution is 7.21. The van der Waals surface area contributed by atoms with E-state index in [4.69, 9.17) is 5.73 Å². The van der Waals surface area contributed by atoms with Crippen molar-refractivity contribution < 1.29 is 31.5 Å². The molecule has 0 spiro atoms. The van der Waals surface area contributed by atoms with Crippen molar-refractivity contribution in [1.82, 2.24) is 14.8 Å². The van der Waals surface area contributed by atoms with Gasteiger partial charge in [0.05, 0.1) is 5.69 Å². The molecule has 186 valence electrons. The molecule has 0 radical (unpaired) electrons. The van der Waals surface area contributed by atoms with Gasteiger partial charge in [0.2, 0.25) is 5.91 Å². The maximum atomic E-state index is 13.4. The second-order valence-electron chi connectivity index (χ2n) is 8.81. The van der Waals surface area contributed by atoms with E-state index < -0.39 is 35.8 Å². The molecule has 35 heavy (non-hydrogen) atoms. The molecule has 13 heteroatoms. The Morgan fingerprint density at radius 3 is 2.43 bits per heavy atom. The summed E-state index contributed by atoms with van der Waals surface area (Å²) in [5, 5.41) is 6.68. The minimum atomic E-state index is -4.59. The number of amides is 2. The predicted molar refractivity (Wildman–Crippen MR) is 118 cm³/mol. The number of pyridine rings is 1. The number of alkyl halides is 5. The van der Waals surface area contributed by atoms with E-state index in [1.807, 2.05) is 0 Å². The number of anilines is 1. The average molecular weight is 513 g/mol. The van der Waals surface area contributed by atoms with Gasteiger partial charge in [0, 0.05) is 30.0 Å². The monoisotopic (exact) mass is 513 g/mol. The smallest absolute Gasteiger partial charge is 0.365 e. The molecule has 2 amide bonds. The van der Waals surface area contributed by atoms with Crippen molar-refractivity contribution >= 4 is 39.1 Å². The molecule has 0 aliphatic heterocycles. The Bertz CT molecular complexity index is 1320. The summed E-state index contributed by atoms with van der Waals surface area (Å²) in [5.41, 5.74) is 5.18. The minimum absolute atomic E-state index is 0.00921. The van der Waals surface area contributed by atoms with Crippen molar-refractivity contribution in [3.8, 4) is 0 Å². The number of hydrogen-bond donors (Lipinski definition) is 2. The van der Waals surface area contributed by atoms with Gasteiger partial charge < -0.3 is 11.1 Å². The Kier molecular flexibility index (Phi) is 5.77. The number of fused-ring (bicyclic) bond motifs is 1. The van der Waals surface area contributed by atoms with Crippen LogP contribution < -0.4 is 11.1 Å². The van der Waals surface area contributed by atoms with E-state index in [1.54, 1.807) is 0 Å². The summed E-state index contributed by atoms with van der Waals surface area (Å²) in [5.74, 6) is -1.42. The fourth-order valence-corrected chi connectivity index (χ4v) is 5.16. The van der Waals surface area contributed by atoms with Gasteiger partial charge in [-0.3, -0.25) is 14.3 Å². The summed E-state index contributed by atoms with van der Waals surface area (Å²) < 4.78 is 67.3. The SMILES string of the molecule is NC(=O)c1sc2nc(C(F)F)cc(C3CC3)c2c1NC(=O)CCn1nc(C(F)(F)F)cc1C1CC1. The number of rotatable bonds is 8. The number of nitrogens with two attached hydrogens (primary N) is 1. The summed E-state index contributed by atoms with van der Waals surface area (Å²) in [6, 6.07) is 2.31. The third kappa shape index (κ3) is 4.73. The Morgan fingerprint density at radius 1 is 1.17 bits per heavy atom. The van der Waals surface area contributed by atoms with Crippen LogP contribution in [0.25, 0.3) is 10.2 Å². The number of halogens is 5. The number of nitrogens with zero attached hydrogens (tertiary/aromatic N) is 3. The summed E-state index contributed by atoms with van der Waals surface area (Å²) >= 11 is 0.824. The number of thiophene rings is 1. The predicted octanol–water partition coefficient (Wildman–Crippen LogP) is 5.33. The van der Waals surface area contributed by atoms with Gasteiger partial charge in [0.25, 0.3) is 12.3 Å². The van der Waals surface area contributed by atoms with Gasteiger partial charge in [0.1, 0.15) is 15.4 Å². The molecule has 3 N–H and O–H groups in total. The Morgan fingerprint density at radius 2 is 1.86 bits per heavy atom. The molecule has 0 saturated heterocycles. The van der Waals surface area contributed by atoms with E-state index in [-0.39, 0.29) is 40.2 Å². The third-order valence-corrected chi connectivity index (χ3v) is 7.19. The van der Waals surface area contributed by atoms with Crippen molar-refractivity contribution in [2.75, 3.05) is 5.32 Å². The molecule has 0 bridgehead atoms. The Hall–Kier alpha value is -3.09. The van der Waals surface area contributed by atoms with Crippen LogP contribution in [0.2, 0.25) is 0 Å². The quantitative estimate of drug-likeness (QED) is 0.398. The molecule has 0 unspecified atom stereocenters. The Balaban J connectivity index is 1.43. The zero-order valence-electron chi connectivity index (χ0n) is 18.2. The van der Waals surface area contributed by atoms with Crippen molar-refractivity contribution in [3.05, 3.63) is 39.7 Å². The molecular formula is C22H20F5N5O2S. The van der Waals surface area contributed by atoms with E-state index in [1.165, 1.54) is 10.7 Å². The van der Waals surface area contributed by atoms with Crippen molar-refractivity contribution in [1.29, 1.82) is 0 Å². The van der Waals surface area contributed by atoms with Crippen LogP contribution in [0.4, 0.5) is 27.6 Å². The molecule has 3 aromatic heterocycles. The van der Waals surface area contributed by atoms with E-state index in [2.05, 4.69) is 15.4 Å². The van der Waals surface area contributed by atoms with Gasteiger partial charge in [-0.15, -0.1) is 11.3 Å². The molecular weight excluding hydrogens is 493 g/mol. The lowest BCUT2D eigenvalue weighted by atomic mass is 10.0. The highest BCUT2D eigenvalue weighted by atomic mass is 32.1. The van der Waals surface area contributed by atoms with Gasteiger partial charge in [-0.05, 0) is 49.3 Å². The number of aromatic nitrogens is 3.